The van der Waals surface area contributed by atoms with Crippen LogP contribution in [0.4, 0.5) is 4.79 Å². The normalized spacial score (nSPS) is 14.8. The van der Waals surface area contributed by atoms with E-state index in [0.29, 0.717) is 19.8 Å². The van der Waals surface area contributed by atoms with Crippen LogP contribution < -0.4 is 0 Å². The van der Waals surface area contributed by atoms with Gasteiger partial charge in [-0.1, -0.05) is 19.6 Å². The molecule has 1 aromatic heterocycles. The van der Waals surface area contributed by atoms with Crippen LogP contribution in [0.2, 0.25) is 25.7 Å². The van der Waals surface area contributed by atoms with Crippen LogP contribution in [0.5, 0.6) is 0 Å². The van der Waals surface area contributed by atoms with Crippen molar-refractivity contribution in [2.45, 2.75) is 45.5 Å². The van der Waals surface area contributed by atoms with Crippen molar-refractivity contribution in [3.8, 4) is 0 Å². The van der Waals surface area contributed by atoms with Gasteiger partial charge in [0.25, 0.3) is 0 Å². The van der Waals surface area contributed by atoms with Crippen LogP contribution in [0.25, 0.3) is 0 Å². The van der Waals surface area contributed by atoms with Gasteiger partial charge >= 0.3 is 6.09 Å². The summed E-state index contributed by atoms with van der Waals surface area (Å²) in [5.41, 5.74) is 1.83. The molecule has 1 aromatic rings. The quantitative estimate of drug-likeness (QED) is 0.664. The van der Waals surface area contributed by atoms with Crippen molar-refractivity contribution >= 4 is 14.2 Å². The van der Waals surface area contributed by atoms with Crippen molar-refractivity contribution in [3.05, 3.63) is 17.5 Å². The Bertz CT molecular complexity index is 444. The van der Waals surface area contributed by atoms with Crippen molar-refractivity contribution in [2.24, 2.45) is 0 Å². The minimum atomic E-state index is -1.05. The molecule has 0 saturated carbocycles. The van der Waals surface area contributed by atoms with Crippen molar-refractivity contribution in [3.63, 3.8) is 0 Å². The Kier molecular flexibility index (Phi) is 3.95. The van der Waals surface area contributed by atoms with Crippen LogP contribution in [0.15, 0.2) is 6.20 Å². The van der Waals surface area contributed by atoms with Crippen LogP contribution >= 0.6 is 0 Å². The first kappa shape index (κ1) is 14.1. The van der Waals surface area contributed by atoms with E-state index >= 15 is 0 Å². The van der Waals surface area contributed by atoms with E-state index in [1.165, 1.54) is 4.90 Å². The van der Waals surface area contributed by atoms with Crippen LogP contribution in [0.1, 0.15) is 11.3 Å². The molecule has 0 bridgehead atoms. The largest absolute Gasteiger partial charge is 0.465 e. The number of amides is 1. The summed E-state index contributed by atoms with van der Waals surface area (Å²) in [5.74, 6) is 0. The standard InChI is InChI=1S/C12H21N3O3Si/c1-19(2,3)5-4-18-9-15-7-10-6-14(12(16)17)8-11(10)13-15/h7H,4-6,8-9H2,1-3H3,(H,16,17). The van der Waals surface area contributed by atoms with Gasteiger partial charge in [-0.3, -0.25) is 4.90 Å². The maximum absolute atomic E-state index is 10.8. The maximum Gasteiger partial charge on any atom is 0.407 e. The molecule has 2 rings (SSSR count). The SMILES string of the molecule is C[Si](C)(C)CCOCn1cc2c(n1)CN(C(=O)O)C2. The lowest BCUT2D eigenvalue weighted by Gasteiger charge is -2.15. The van der Waals surface area contributed by atoms with E-state index in [2.05, 4.69) is 24.7 Å². The first-order valence-electron chi connectivity index (χ1n) is 6.46. The smallest absolute Gasteiger partial charge is 0.407 e. The highest BCUT2D eigenvalue weighted by molar-refractivity contribution is 6.76. The number of ether oxygens (including phenoxy) is 1. The van der Waals surface area contributed by atoms with E-state index in [4.69, 9.17) is 9.84 Å². The molecule has 7 heteroatoms. The highest BCUT2D eigenvalue weighted by Gasteiger charge is 2.25. The number of carbonyl (C=O) groups is 1. The average molecular weight is 283 g/mol. The Morgan fingerprint density at radius 1 is 1.47 bits per heavy atom. The Balaban J connectivity index is 1.79. The zero-order valence-corrected chi connectivity index (χ0v) is 12.7. The predicted molar refractivity (Wildman–Crippen MR) is 73.6 cm³/mol. The van der Waals surface area contributed by atoms with Gasteiger partial charge in [0.1, 0.15) is 6.73 Å². The molecule has 2 heterocycles. The second-order valence-corrected chi connectivity index (χ2v) is 11.7. The van der Waals surface area contributed by atoms with Gasteiger partial charge in [0.15, 0.2) is 0 Å². The predicted octanol–water partition coefficient (Wildman–Crippen LogP) is 2.19. The molecule has 1 aliphatic heterocycles. The summed E-state index contributed by atoms with van der Waals surface area (Å²) in [7, 11) is -1.05. The molecule has 1 amide bonds. The van der Waals surface area contributed by atoms with Gasteiger partial charge in [-0.2, -0.15) is 5.10 Å². The molecule has 0 atom stereocenters. The van der Waals surface area contributed by atoms with Gasteiger partial charge in [0, 0.05) is 26.4 Å². The first-order valence-corrected chi connectivity index (χ1v) is 10.2. The van der Waals surface area contributed by atoms with Gasteiger partial charge in [-0.25, -0.2) is 9.48 Å². The Morgan fingerprint density at radius 3 is 2.79 bits per heavy atom. The van der Waals surface area contributed by atoms with E-state index in [1.807, 2.05) is 6.20 Å². The second-order valence-electron chi connectivity index (χ2n) is 6.13. The lowest BCUT2D eigenvalue weighted by molar-refractivity contribution is 0.0775. The third-order valence-corrected chi connectivity index (χ3v) is 4.82. The molecule has 0 aliphatic carbocycles. The van der Waals surface area contributed by atoms with E-state index in [9.17, 15) is 4.79 Å². The summed E-state index contributed by atoms with van der Waals surface area (Å²) in [6.45, 7) is 8.98. The van der Waals surface area contributed by atoms with Gasteiger partial charge < -0.3 is 9.84 Å². The molecule has 1 N–H and O–H groups in total. The third-order valence-electron chi connectivity index (χ3n) is 3.12. The zero-order chi connectivity index (χ0) is 14.0. The zero-order valence-electron chi connectivity index (χ0n) is 11.7. The lowest BCUT2D eigenvalue weighted by Crippen LogP contribution is -2.24. The highest BCUT2D eigenvalue weighted by atomic mass is 28.3. The number of hydrogen-bond acceptors (Lipinski definition) is 3. The molecule has 106 valence electrons. The maximum atomic E-state index is 10.8. The molecular weight excluding hydrogens is 262 g/mol. The van der Waals surface area contributed by atoms with Crippen LogP contribution in [-0.2, 0) is 24.6 Å². The fourth-order valence-electron chi connectivity index (χ4n) is 1.95. The third kappa shape index (κ3) is 3.81. The van der Waals surface area contributed by atoms with Crippen molar-refractivity contribution in [1.82, 2.24) is 14.7 Å². The van der Waals surface area contributed by atoms with Gasteiger partial charge in [0.2, 0.25) is 0 Å². The van der Waals surface area contributed by atoms with E-state index in [-0.39, 0.29) is 0 Å². The summed E-state index contributed by atoms with van der Waals surface area (Å²) in [4.78, 5) is 12.2. The molecule has 1 aliphatic rings. The van der Waals surface area contributed by atoms with E-state index in [0.717, 1.165) is 23.9 Å². The minimum Gasteiger partial charge on any atom is -0.465 e. The molecule has 19 heavy (non-hydrogen) atoms. The van der Waals surface area contributed by atoms with Crippen molar-refractivity contribution in [1.29, 1.82) is 0 Å². The Hall–Kier alpha value is -1.34. The molecule has 0 radical (unpaired) electrons. The number of nitrogens with zero attached hydrogens (tertiary/aromatic N) is 3. The van der Waals surface area contributed by atoms with Crippen LogP contribution in [0.3, 0.4) is 0 Å². The molecule has 0 spiro atoms. The number of rotatable bonds is 5. The molecule has 0 aromatic carbocycles. The number of carboxylic acid groups (broad SMARTS) is 1. The summed E-state index contributed by atoms with van der Waals surface area (Å²) in [6, 6.07) is 1.14. The summed E-state index contributed by atoms with van der Waals surface area (Å²) < 4.78 is 7.37. The monoisotopic (exact) mass is 283 g/mol. The molecule has 6 nitrogen and oxygen atoms in total. The Morgan fingerprint density at radius 2 is 2.21 bits per heavy atom. The minimum absolute atomic E-state index is 0.382. The number of hydrogen-bond donors (Lipinski definition) is 1. The topological polar surface area (TPSA) is 67.6 Å². The molecular formula is C12H21N3O3Si. The molecule has 0 saturated heterocycles. The van der Waals surface area contributed by atoms with Gasteiger partial charge in [-0.05, 0) is 6.04 Å². The summed E-state index contributed by atoms with van der Waals surface area (Å²) >= 11 is 0. The van der Waals surface area contributed by atoms with E-state index < -0.39 is 14.2 Å². The number of aromatic nitrogens is 2. The average Bonchev–Trinajstić information content (AvgIpc) is 2.80. The fourth-order valence-corrected chi connectivity index (χ4v) is 2.70. The van der Waals surface area contributed by atoms with Crippen LogP contribution in [0, 0.1) is 0 Å². The van der Waals surface area contributed by atoms with Gasteiger partial charge in [-0.15, -0.1) is 0 Å². The fraction of sp³-hybridized carbons (Fsp3) is 0.667. The summed E-state index contributed by atoms with van der Waals surface area (Å²) in [5, 5.41) is 13.2. The van der Waals surface area contributed by atoms with Crippen molar-refractivity contribution in [2.75, 3.05) is 6.61 Å². The second kappa shape index (κ2) is 5.34. The Labute approximate surface area is 114 Å². The number of fused-ring (bicyclic) bond motifs is 1. The highest BCUT2D eigenvalue weighted by Crippen LogP contribution is 2.21. The van der Waals surface area contributed by atoms with Crippen molar-refractivity contribution < 1.29 is 14.6 Å². The van der Waals surface area contributed by atoms with Gasteiger partial charge in [0.05, 0.1) is 18.8 Å². The molecule has 0 fully saturated rings. The molecule has 0 unspecified atom stereocenters. The first-order chi connectivity index (χ1) is 8.85. The lowest BCUT2D eigenvalue weighted by atomic mass is 10.3. The van der Waals surface area contributed by atoms with Crippen LogP contribution in [-0.4, -0.2) is 40.6 Å². The summed E-state index contributed by atoms with van der Waals surface area (Å²) in [6.07, 6.45) is 0.989. The van der Waals surface area contributed by atoms with E-state index in [1.54, 1.807) is 4.68 Å².